The fourth-order valence-electron chi connectivity index (χ4n) is 1.07. The molecule has 1 saturated carbocycles. The van der Waals surface area contributed by atoms with Gasteiger partial charge in [0.25, 0.3) is 0 Å². The maximum absolute atomic E-state index is 12.3. The molecule has 1 aliphatic carbocycles. The van der Waals surface area contributed by atoms with Crippen LogP contribution in [0.5, 0.6) is 0 Å². The normalized spacial score (nSPS) is 16.5. The van der Waals surface area contributed by atoms with Gasteiger partial charge in [-0.3, -0.25) is 0 Å². The molecule has 2 rings (SSSR count). The molecule has 1 aromatic rings. The zero-order chi connectivity index (χ0) is 11.1. The van der Waals surface area contributed by atoms with Gasteiger partial charge in [-0.2, -0.15) is 13.2 Å². The van der Waals surface area contributed by atoms with Crippen molar-refractivity contribution in [3.05, 3.63) is 17.0 Å². The summed E-state index contributed by atoms with van der Waals surface area (Å²) in [6.45, 7) is 0. The first kappa shape index (κ1) is 10.5. The average Bonchev–Trinajstić information content (AvgIpc) is 2.85. The Hall–Kier alpha value is -1.04. The van der Waals surface area contributed by atoms with E-state index in [0.29, 0.717) is 0 Å². The number of nitrogens with one attached hydrogen (secondary N) is 1. The minimum atomic E-state index is -4.49. The molecule has 3 nitrogen and oxygen atoms in total. The number of alkyl halides is 3. The van der Waals surface area contributed by atoms with Gasteiger partial charge in [-0.25, -0.2) is 9.97 Å². The topological polar surface area (TPSA) is 37.8 Å². The van der Waals surface area contributed by atoms with E-state index in [-0.39, 0.29) is 11.9 Å². The van der Waals surface area contributed by atoms with Crippen LogP contribution in [0.1, 0.15) is 18.5 Å². The summed E-state index contributed by atoms with van der Waals surface area (Å²) in [7, 11) is 0. The molecule has 15 heavy (non-hydrogen) atoms. The Labute approximate surface area is 88.7 Å². The fourth-order valence-corrected chi connectivity index (χ4v) is 1.26. The quantitative estimate of drug-likeness (QED) is 0.804. The van der Waals surface area contributed by atoms with Gasteiger partial charge < -0.3 is 5.32 Å². The molecular formula is C8H7ClF3N3. The summed E-state index contributed by atoms with van der Waals surface area (Å²) < 4.78 is 37.0. The zero-order valence-corrected chi connectivity index (χ0v) is 8.23. The minimum Gasteiger partial charge on any atom is -0.367 e. The molecule has 0 unspecified atom stereocenters. The zero-order valence-electron chi connectivity index (χ0n) is 7.48. The highest BCUT2D eigenvalue weighted by Crippen LogP contribution is 2.31. The van der Waals surface area contributed by atoms with Gasteiger partial charge in [0.2, 0.25) is 5.28 Å². The largest absolute Gasteiger partial charge is 0.433 e. The lowest BCUT2D eigenvalue weighted by Gasteiger charge is -2.08. The van der Waals surface area contributed by atoms with Gasteiger partial charge in [-0.15, -0.1) is 0 Å². The Balaban J connectivity index is 2.27. The van der Waals surface area contributed by atoms with Gasteiger partial charge in [-0.05, 0) is 24.4 Å². The second kappa shape index (κ2) is 3.52. The molecule has 0 atom stereocenters. The Morgan fingerprint density at radius 3 is 2.53 bits per heavy atom. The Morgan fingerprint density at radius 2 is 2.00 bits per heavy atom. The van der Waals surface area contributed by atoms with Crippen molar-refractivity contribution < 1.29 is 13.2 Å². The third-order valence-electron chi connectivity index (χ3n) is 1.92. The van der Waals surface area contributed by atoms with Gasteiger partial charge in [0.05, 0.1) is 0 Å². The molecule has 0 amide bonds. The van der Waals surface area contributed by atoms with E-state index in [1.54, 1.807) is 0 Å². The molecule has 0 saturated heterocycles. The third-order valence-corrected chi connectivity index (χ3v) is 2.09. The molecule has 1 heterocycles. The number of hydrogen-bond donors (Lipinski definition) is 1. The SMILES string of the molecule is FC(F)(F)c1cc(NC2CC2)nc(Cl)n1. The second-order valence-corrected chi connectivity index (χ2v) is 3.66. The molecular weight excluding hydrogens is 231 g/mol. The second-order valence-electron chi connectivity index (χ2n) is 3.32. The molecule has 7 heteroatoms. The van der Waals surface area contributed by atoms with Crippen LogP contribution < -0.4 is 5.32 Å². The highest BCUT2D eigenvalue weighted by Gasteiger charge is 2.34. The van der Waals surface area contributed by atoms with Crippen LogP contribution in [0.25, 0.3) is 0 Å². The summed E-state index contributed by atoms with van der Waals surface area (Å²) in [5, 5.41) is 2.44. The monoisotopic (exact) mass is 237 g/mol. The van der Waals surface area contributed by atoms with Crippen molar-refractivity contribution in [1.82, 2.24) is 9.97 Å². The number of nitrogens with zero attached hydrogens (tertiary/aromatic N) is 2. The summed E-state index contributed by atoms with van der Waals surface area (Å²) in [5.41, 5.74) is -1.02. The lowest BCUT2D eigenvalue weighted by atomic mass is 10.4. The van der Waals surface area contributed by atoms with E-state index in [0.717, 1.165) is 18.9 Å². The van der Waals surface area contributed by atoms with Crippen molar-refractivity contribution in [1.29, 1.82) is 0 Å². The lowest BCUT2D eigenvalue weighted by molar-refractivity contribution is -0.141. The first-order chi connectivity index (χ1) is 6.95. The first-order valence-corrected chi connectivity index (χ1v) is 4.71. The van der Waals surface area contributed by atoms with E-state index in [2.05, 4.69) is 15.3 Å². The smallest absolute Gasteiger partial charge is 0.367 e. The lowest BCUT2D eigenvalue weighted by Crippen LogP contribution is -2.11. The maximum atomic E-state index is 12.3. The van der Waals surface area contributed by atoms with Crippen LogP contribution in [-0.2, 0) is 6.18 Å². The van der Waals surface area contributed by atoms with E-state index >= 15 is 0 Å². The summed E-state index contributed by atoms with van der Waals surface area (Å²) in [4.78, 5) is 6.79. The average molecular weight is 238 g/mol. The fraction of sp³-hybridized carbons (Fsp3) is 0.500. The molecule has 0 spiro atoms. The molecule has 1 fully saturated rings. The summed E-state index contributed by atoms with van der Waals surface area (Å²) in [5.74, 6) is 0.129. The van der Waals surface area contributed by atoms with Crippen molar-refractivity contribution in [2.45, 2.75) is 25.1 Å². The van der Waals surface area contributed by atoms with Crippen molar-refractivity contribution >= 4 is 17.4 Å². The molecule has 0 aliphatic heterocycles. The predicted molar refractivity (Wildman–Crippen MR) is 48.7 cm³/mol. The van der Waals surface area contributed by atoms with Crippen LogP contribution in [0.2, 0.25) is 5.28 Å². The van der Waals surface area contributed by atoms with Crippen LogP contribution in [0.3, 0.4) is 0 Å². The number of halogens is 4. The molecule has 1 N–H and O–H groups in total. The van der Waals surface area contributed by atoms with Gasteiger partial charge >= 0.3 is 6.18 Å². The van der Waals surface area contributed by atoms with Crippen molar-refractivity contribution in [3.8, 4) is 0 Å². The number of hydrogen-bond acceptors (Lipinski definition) is 3. The molecule has 0 radical (unpaired) electrons. The Kier molecular flexibility index (Phi) is 2.46. The van der Waals surface area contributed by atoms with Crippen LogP contribution in [-0.4, -0.2) is 16.0 Å². The van der Waals surface area contributed by atoms with Gasteiger partial charge in [0.1, 0.15) is 5.82 Å². The van der Waals surface area contributed by atoms with Gasteiger partial charge in [-0.1, -0.05) is 0 Å². The number of anilines is 1. The predicted octanol–water partition coefficient (Wildman–Crippen LogP) is 2.72. The molecule has 82 valence electrons. The summed E-state index contributed by atoms with van der Waals surface area (Å²) in [6.07, 6.45) is -2.60. The first-order valence-electron chi connectivity index (χ1n) is 4.33. The maximum Gasteiger partial charge on any atom is 0.433 e. The van der Waals surface area contributed by atoms with E-state index in [9.17, 15) is 13.2 Å². The Bertz CT molecular complexity index is 376. The standard InChI is InChI=1S/C8H7ClF3N3/c9-7-14-5(8(10,11)12)3-6(15-7)13-4-1-2-4/h3-4H,1-2H2,(H,13,14,15). The van der Waals surface area contributed by atoms with E-state index in [1.807, 2.05) is 0 Å². The molecule has 0 bridgehead atoms. The third kappa shape index (κ3) is 2.71. The van der Waals surface area contributed by atoms with Crippen LogP contribution >= 0.6 is 11.6 Å². The molecule has 1 aromatic heterocycles. The number of rotatable bonds is 2. The molecule has 1 aliphatic rings. The van der Waals surface area contributed by atoms with Gasteiger partial charge in [0.15, 0.2) is 5.69 Å². The summed E-state index contributed by atoms with van der Waals surface area (Å²) >= 11 is 5.40. The Morgan fingerprint density at radius 1 is 1.33 bits per heavy atom. The van der Waals surface area contributed by atoms with E-state index < -0.39 is 17.2 Å². The van der Waals surface area contributed by atoms with Crippen LogP contribution in [0.4, 0.5) is 19.0 Å². The van der Waals surface area contributed by atoms with Crippen molar-refractivity contribution in [3.63, 3.8) is 0 Å². The van der Waals surface area contributed by atoms with E-state index in [4.69, 9.17) is 11.6 Å². The number of aromatic nitrogens is 2. The minimum absolute atomic E-state index is 0.129. The van der Waals surface area contributed by atoms with Crippen molar-refractivity contribution in [2.75, 3.05) is 5.32 Å². The van der Waals surface area contributed by atoms with Gasteiger partial charge in [0, 0.05) is 12.1 Å². The van der Waals surface area contributed by atoms with Crippen molar-refractivity contribution in [2.24, 2.45) is 0 Å². The highest BCUT2D eigenvalue weighted by atomic mass is 35.5. The van der Waals surface area contributed by atoms with Crippen LogP contribution in [0.15, 0.2) is 6.07 Å². The highest BCUT2D eigenvalue weighted by molar-refractivity contribution is 6.28. The van der Waals surface area contributed by atoms with Crippen LogP contribution in [0, 0.1) is 0 Å². The summed E-state index contributed by atoms with van der Waals surface area (Å²) in [6, 6.07) is 1.08. The van der Waals surface area contributed by atoms with E-state index in [1.165, 1.54) is 0 Å². The molecule has 0 aromatic carbocycles.